The summed E-state index contributed by atoms with van der Waals surface area (Å²) in [6.45, 7) is 6.56. The van der Waals surface area contributed by atoms with E-state index >= 15 is 0 Å². The maximum atomic E-state index is 12.9. The zero-order valence-corrected chi connectivity index (χ0v) is 55.0. The van der Waals surface area contributed by atoms with Crippen LogP contribution < -0.4 is 0 Å². The maximum Gasteiger partial charge on any atom is 0.306 e. The van der Waals surface area contributed by atoms with Crippen molar-refractivity contribution in [3.63, 3.8) is 0 Å². The molecule has 0 saturated heterocycles. The molecule has 0 spiro atoms. The monoisotopic (exact) mass is 1150 g/mol. The lowest BCUT2D eigenvalue weighted by Gasteiger charge is -2.18. The molecule has 1 unspecified atom stereocenters. The van der Waals surface area contributed by atoms with Crippen LogP contribution in [0, 0.1) is 0 Å². The molecule has 0 aromatic carbocycles. The van der Waals surface area contributed by atoms with E-state index < -0.39 is 6.10 Å². The maximum absolute atomic E-state index is 12.9. The molecule has 0 saturated carbocycles. The number of ether oxygens (including phenoxy) is 3. The number of allylic oxidation sites excluding steroid dienone is 10. The lowest BCUT2D eigenvalue weighted by molar-refractivity contribution is -0.167. The van der Waals surface area contributed by atoms with Crippen LogP contribution in [0.25, 0.3) is 0 Å². The van der Waals surface area contributed by atoms with E-state index in [0.717, 1.165) is 96.3 Å². The summed E-state index contributed by atoms with van der Waals surface area (Å²) in [6, 6.07) is 0. The van der Waals surface area contributed by atoms with Gasteiger partial charge in [0.25, 0.3) is 0 Å². The lowest BCUT2D eigenvalue weighted by atomic mass is 10.0. The van der Waals surface area contributed by atoms with E-state index in [1.54, 1.807) is 0 Å². The zero-order chi connectivity index (χ0) is 59.2. The van der Waals surface area contributed by atoms with Crippen LogP contribution in [0.3, 0.4) is 0 Å². The third-order valence-corrected chi connectivity index (χ3v) is 16.3. The van der Waals surface area contributed by atoms with Crippen molar-refractivity contribution in [1.29, 1.82) is 0 Å². The molecule has 0 amide bonds. The first-order valence-electron chi connectivity index (χ1n) is 36.3. The molecule has 0 aliphatic heterocycles. The van der Waals surface area contributed by atoms with Crippen molar-refractivity contribution in [2.45, 2.75) is 393 Å². The van der Waals surface area contributed by atoms with Crippen LogP contribution in [0.1, 0.15) is 387 Å². The zero-order valence-electron chi connectivity index (χ0n) is 55.0. The standard InChI is InChI=1S/C76H138O6/c1-4-7-10-13-16-19-22-25-27-29-31-32-33-34-35-36-37-38-39-40-41-42-43-45-46-48-51-54-57-60-63-66-69-75(78)81-72-73(71-80-74(77)68-65-62-59-56-53-50-24-21-18-15-12-9-6-3)82-76(79)70-67-64-61-58-55-52-49-47-44-30-28-26-23-20-17-14-11-8-5-2/h8,11,17,20,26,28,44,47,52,55,73H,4-7,9-10,12-16,18-19,21-25,27,29-43,45-46,48-51,53-54,56-72H2,1-3H3/b11-8-,20-17-,28-26-,47-44-,55-52-. The van der Waals surface area contributed by atoms with Crippen molar-refractivity contribution in [1.82, 2.24) is 0 Å². The van der Waals surface area contributed by atoms with E-state index in [2.05, 4.69) is 81.5 Å². The minimum atomic E-state index is -0.790. The minimum Gasteiger partial charge on any atom is -0.462 e. The molecule has 1 atom stereocenters. The Morgan fingerprint density at radius 2 is 0.476 bits per heavy atom. The van der Waals surface area contributed by atoms with Gasteiger partial charge in [-0.15, -0.1) is 0 Å². The highest BCUT2D eigenvalue weighted by Gasteiger charge is 2.19. The van der Waals surface area contributed by atoms with Crippen LogP contribution in [0.15, 0.2) is 60.8 Å². The van der Waals surface area contributed by atoms with Crippen molar-refractivity contribution in [3.05, 3.63) is 60.8 Å². The third-order valence-electron chi connectivity index (χ3n) is 16.3. The smallest absolute Gasteiger partial charge is 0.306 e. The van der Waals surface area contributed by atoms with Crippen molar-refractivity contribution >= 4 is 17.9 Å². The Morgan fingerprint density at radius 3 is 0.744 bits per heavy atom. The first-order valence-corrected chi connectivity index (χ1v) is 36.3. The summed E-state index contributed by atoms with van der Waals surface area (Å²) >= 11 is 0. The second-order valence-electron chi connectivity index (χ2n) is 24.5. The molecule has 6 heteroatoms. The van der Waals surface area contributed by atoms with E-state index in [0.29, 0.717) is 19.3 Å². The molecule has 0 aromatic heterocycles. The molecule has 82 heavy (non-hydrogen) atoms. The predicted molar refractivity (Wildman–Crippen MR) is 358 cm³/mol. The van der Waals surface area contributed by atoms with Crippen molar-refractivity contribution in [3.8, 4) is 0 Å². The highest BCUT2D eigenvalue weighted by Crippen LogP contribution is 2.19. The molecule has 0 radical (unpaired) electrons. The van der Waals surface area contributed by atoms with Crippen LogP contribution in [0.4, 0.5) is 0 Å². The van der Waals surface area contributed by atoms with Gasteiger partial charge in [-0.3, -0.25) is 14.4 Å². The van der Waals surface area contributed by atoms with E-state index in [9.17, 15) is 14.4 Å². The SMILES string of the molecule is CC/C=C\C/C=C\C/C=C\C/C=C\C/C=C\CCCCCC(=O)OC(COC(=O)CCCCCCCCCCCCCCC)COC(=O)CCCCCCCCCCCCCCCCCCCCCCCCCCCCCCCCCC. The van der Waals surface area contributed by atoms with Crippen LogP contribution in [0.5, 0.6) is 0 Å². The topological polar surface area (TPSA) is 78.9 Å². The van der Waals surface area contributed by atoms with E-state index in [-0.39, 0.29) is 31.1 Å². The fraction of sp³-hybridized carbons (Fsp3) is 0.829. The molecular weight excluding hydrogens is 1010 g/mol. The summed E-state index contributed by atoms with van der Waals surface area (Å²) in [4.78, 5) is 38.4. The summed E-state index contributed by atoms with van der Waals surface area (Å²) in [5, 5.41) is 0. The molecule has 0 aromatic rings. The van der Waals surface area contributed by atoms with Gasteiger partial charge >= 0.3 is 17.9 Å². The van der Waals surface area contributed by atoms with Crippen molar-refractivity contribution in [2.24, 2.45) is 0 Å². The number of esters is 3. The molecule has 478 valence electrons. The summed E-state index contributed by atoms with van der Waals surface area (Å²) in [6.07, 6.45) is 91.3. The number of hydrogen-bond acceptors (Lipinski definition) is 6. The first kappa shape index (κ1) is 79.1. The summed E-state index contributed by atoms with van der Waals surface area (Å²) < 4.78 is 16.9. The Labute approximate surface area is 510 Å². The largest absolute Gasteiger partial charge is 0.462 e. The number of carbonyl (C=O) groups excluding carboxylic acids is 3. The average Bonchev–Trinajstić information content (AvgIpc) is 3.47. The molecule has 0 aliphatic carbocycles. The van der Waals surface area contributed by atoms with Crippen LogP contribution >= 0.6 is 0 Å². The van der Waals surface area contributed by atoms with Gasteiger partial charge in [0.2, 0.25) is 0 Å². The predicted octanol–water partition coefficient (Wildman–Crippen LogP) is 25.1. The Bertz CT molecular complexity index is 1460. The summed E-state index contributed by atoms with van der Waals surface area (Å²) in [5.74, 6) is -0.892. The van der Waals surface area contributed by atoms with Crippen molar-refractivity contribution < 1.29 is 28.6 Å². The normalized spacial score (nSPS) is 12.4. The van der Waals surface area contributed by atoms with Gasteiger partial charge < -0.3 is 14.2 Å². The fourth-order valence-electron chi connectivity index (χ4n) is 10.9. The van der Waals surface area contributed by atoms with Gasteiger partial charge in [0.05, 0.1) is 0 Å². The van der Waals surface area contributed by atoms with Gasteiger partial charge in [0, 0.05) is 19.3 Å². The number of carbonyl (C=O) groups is 3. The van der Waals surface area contributed by atoms with E-state index in [1.165, 1.54) is 250 Å². The van der Waals surface area contributed by atoms with Crippen LogP contribution in [-0.2, 0) is 28.6 Å². The molecule has 0 N–H and O–H groups in total. The first-order chi connectivity index (χ1) is 40.5. The Kier molecular flexibility index (Phi) is 68.1. The molecular formula is C76H138O6. The Balaban J connectivity index is 4.17. The van der Waals surface area contributed by atoms with Gasteiger partial charge in [-0.2, -0.15) is 0 Å². The highest BCUT2D eigenvalue weighted by atomic mass is 16.6. The number of unbranched alkanes of at least 4 members (excludes halogenated alkanes) is 46. The van der Waals surface area contributed by atoms with Gasteiger partial charge in [0.15, 0.2) is 6.10 Å². The second kappa shape index (κ2) is 70.6. The molecule has 0 heterocycles. The molecule has 0 fully saturated rings. The average molecular weight is 1150 g/mol. The second-order valence-corrected chi connectivity index (χ2v) is 24.5. The quantitative estimate of drug-likeness (QED) is 0.0261. The van der Waals surface area contributed by atoms with Gasteiger partial charge in [-0.05, 0) is 64.2 Å². The molecule has 6 nitrogen and oxygen atoms in total. The molecule has 0 bridgehead atoms. The van der Waals surface area contributed by atoms with Gasteiger partial charge in [-0.25, -0.2) is 0 Å². The summed E-state index contributed by atoms with van der Waals surface area (Å²) in [5.41, 5.74) is 0. The number of rotatable bonds is 67. The Hall–Kier alpha value is -2.89. The van der Waals surface area contributed by atoms with Crippen molar-refractivity contribution in [2.75, 3.05) is 13.2 Å². The summed E-state index contributed by atoms with van der Waals surface area (Å²) in [7, 11) is 0. The van der Waals surface area contributed by atoms with Gasteiger partial charge in [0.1, 0.15) is 13.2 Å². The fourth-order valence-corrected chi connectivity index (χ4v) is 10.9. The Morgan fingerprint density at radius 1 is 0.256 bits per heavy atom. The van der Waals surface area contributed by atoms with Crippen LogP contribution in [0.2, 0.25) is 0 Å². The van der Waals surface area contributed by atoms with E-state index in [1.807, 2.05) is 0 Å². The minimum absolute atomic E-state index is 0.0830. The van der Waals surface area contributed by atoms with Crippen LogP contribution in [-0.4, -0.2) is 37.2 Å². The van der Waals surface area contributed by atoms with Gasteiger partial charge in [-0.1, -0.05) is 364 Å². The third kappa shape index (κ3) is 67.9. The lowest BCUT2D eigenvalue weighted by Crippen LogP contribution is -2.30. The van der Waals surface area contributed by atoms with E-state index in [4.69, 9.17) is 14.2 Å². The molecule has 0 rings (SSSR count). The molecule has 0 aliphatic rings. The highest BCUT2D eigenvalue weighted by molar-refractivity contribution is 5.71. The number of hydrogen-bond donors (Lipinski definition) is 0.